The molecule has 2 heterocycles. The summed E-state index contributed by atoms with van der Waals surface area (Å²) in [5.74, 6) is -0.0425. The van der Waals surface area contributed by atoms with Crippen LogP contribution in [0.3, 0.4) is 0 Å². The number of phenols is 1. The van der Waals surface area contributed by atoms with Gasteiger partial charge in [0.1, 0.15) is 5.75 Å². The molecule has 2 amide bonds. The van der Waals surface area contributed by atoms with Gasteiger partial charge in [-0.05, 0) is 77.5 Å². The van der Waals surface area contributed by atoms with Crippen LogP contribution in [-0.2, 0) is 4.79 Å². The Bertz CT molecular complexity index is 1310. The minimum atomic E-state index is -0.286. The van der Waals surface area contributed by atoms with Gasteiger partial charge in [-0.2, -0.15) is 0 Å². The third-order valence-electron chi connectivity index (χ3n) is 6.62. The number of anilines is 1. The lowest BCUT2D eigenvalue weighted by molar-refractivity contribution is -0.123. The van der Waals surface area contributed by atoms with E-state index in [-0.39, 0.29) is 29.5 Å². The molecule has 190 valence electrons. The highest BCUT2D eigenvalue weighted by molar-refractivity contribution is 8.18. The molecule has 0 spiro atoms. The van der Waals surface area contributed by atoms with Gasteiger partial charge in [-0.25, -0.2) is 0 Å². The van der Waals surface area contributed by atoms with Crippen molar-refractivity contribution in [3.8, 4) is 5.75 Å². The molecular formula is C28H25Cl2N3O3S. The zero-order chi connectivity index (χ0) is 25.9. The molecule has 3 aromatic carbocycles. The van der Waals surface area contributed by atoms with Gasteiger partial charge < -0.3 is 10.0 Å². The summed E-state index contributed by atoms with van der Waals surface area (Å²) >= 11 is 13.1. The Morgan fingerprint density at radius 1 is 0.838 bits per heavy atom. The van der Waals surface area contributed by atoms with Gasteiger partial charge in [-0.3, -0.25) is 19.4 Å². The maximum atomic E-state index is 13.3. The van der Waals surface area contributed by atoms with Crippen molar-refractivity contribution in [2.75, 3.05) is 37.6 Å². The first-order valence-corrected chi connectivity index (χ1v) is 13.5. The van der Waals surface area contributed by atoms with Crippen molar-refractivity contribution in [1.82, 2.24) is 9.80 Å². The molecule has 0 bridgehead atoms. The van der Waals surface area contributed by atoms with E-state index in [4.69, 9.17) is 23.2 Å². The third kappa shape index (κ3) is 5.96. The fourth-order valence-electron chi connectivity index (χ4n) is 4.61. The molecule has 0 aromatic heterocycles. The Hall–Kier alpha value is -2.97. The highest BCUT2D eigenvalue weighted by atomic mass is 35.5. The zero-order valence-electron chi connectivity index (χ0n) is 19.9. The third-order valence-corrected chi connectivity index (χ3v) is 8.03. The number of aromatic hydroxyl groups is 1. The van der Waals surface area contributed by atoms with E-state index < -0.39 is 0 Å². The molecule has 2 saturated heterocycles. The van der Waals surface area contributed by atoms with Crippen molar-refractivity contribution in [2.24, 2.45) is 0 Å². The maximum absolute atomic E-state index is 13.3. The van der Waals surface area contributed by atoms with Crippen LogP contribution in [0.1, 0.15) is 17.2 Å². The molecule has 37 heavy (non-hydrogen) atoms. The van der Waals surface area contributed by atoms with Crippen LogP contribution in [0.4, 0.5) is 10.5 Å². The number of imide groups is 1. The predicted molar refractivity (Wildman–Crippen MR) is 150 cm³/mol. The minimum absolute atomic E-state index is 0.164. The normalized spacial score (nSPS) is 18.6. The lowest BCUT2D eigenvalue weighted by Crippen LogP contribution is -2.50. The quantitative estimate of drug-likeness (QED) is 0.361. The van der Waals surface area contributed by atoms with E-state index in [1.54, 1.807) is 30.3 Å². The predicted octanol–water partition coefficient (Wildman–Crippen LogP) is 6.30. The second-order valence-electron chi connectivity index (χ2n) is 8.95. The molecule has 2 fully saturated rings. The van der Waals surface area contributed by atoms with Crippen molar-refractivity contribution in [2.45, 2.75) is 6.04 Å². The van der Waals surface area contributed by atoms with E-state index in [2.05, 4.69) is 9.80 Å². The van der Waals surface area contributed by atoms with Crippen molar-refractivity contribution < 1.29 is 14.7 Å². The molecule has 2 aliphatic heterocycles. The molecule has 1 atom stereocenters. The van der Waals surface area contributed by atoms with Crippen LogP contribution in [0.25, 0.3) is 6.08 Å². The van der Waals surface area contributed by atoms with Crippen molar-refractivity contribution in [3.05, 3.63) is 98.9 Å². The van der Waals surface area contributed by atoms with E-state index in [9.17, 15) is 14.7 Å². The first-order chi connectivity index (χ1) is 17.9. The summed E-state index contributed by atoms with van der Waals surface area (Å²) in [4.78, 5) is 32.5. The van der Waals surface area contributed by atoms with Crippen LogP contribution >= 0.6 is 35.0 Å². The van der Waals surface area contributed by atoms with Gasteiger partial charge in [0.05, 0.1) is 10.9 Å². The first kappa shape index (κ1) is 25.7. The molecule has 0 radical (unpaired) electrons. The number of carbonyl (C=O) groups excluding carboxylic acids is 2. The van der Waals surface area contributed by atoms with Crippen molar-refractivity contribution in [3.63, 3.8) is 0 Å². The molecule has 6 nitrogen and oxygen atoms in total. The summed E-state index contributed by atoms with van der Waals surface area (Å²) in [6.07, 6.45) is 1.73. The molecule has 3 aromatic rings. The Morgan fingerprint density at radius 2 is 1.43 bits per heavy atom. The Balaban J connectivity index is 1.34. The Kier molecular flexibility index (Phi) is 7.76. The molecule has 0 aliphatic carbocycles. The minimum Gasteiger partial charge on any atom is -0.508 e. The van der Waals surface area contributed by atoms with Crippen LogP contribution < -0.4 is 4.90 Å². The number of rotatable bonds is 6. The molecule has 2 aliphatic rings. The lowest BCUT2D eigenvalue weighted by atomic mass is 10.0. The maximum Gasteiger partial charge on any atom is 0.293 e. The van der Waals surface area contributed by atoms with E-state index in [1.807, 2.05) is 48.5 Å². The summed E-state index contributed by atoms with van der Waals surface area (Å²) in [5.41, 5.74) is 2.87. The van der Waals surface area contributed by atoms with Gasteiger partial charge >= 0.3 is 0 Å². The summed E-state index contributed by atoms with van der Waals surface area (Å²) in [6, 6.07) is 21.8. The molecule has 1 N–H and O–H groups in total. The number of halogens is 2. The average Bonchev–Trinajstić information content (AvgIpc) is 3.17. The Labute approximate surface area is 230 Å². The van der Waals surface area contributed by atoms with E-state index in [0.29, 0.717) is 15.0 Å². The summed E-state index contributed by atoms with van der Waals surface area (Å²) in [7, 11) is 0. The van der Waals surface area contributed by atoms with Crippen LogP contribution in [-0.4, -0.2) is 58.8 Å². The van der Waals surface area contributed by atoms with Crippen molar-refractivity contribution >= 4 is 57.9 Å². The van der Waals surface area contributed by atoms with Crippen LogP contribution in [0.5, 0.6) is 5.75 Å². The fourth-order valence-corrected chi connectivity index (χ4v) is 5.71. The second kappa shape index (κ2) is 11.2. The number of carbonyl (C=O) groups is 2. The number of piperazine rings is 1. The lowest BCUT2D eigenvalue weighted by Gasteiger charge is -2.41. The Morgan fingerprint density at radius 3 is 2.05 bits per heavy atom. The number of amides is 2. The van der Waals surface area contributed by atoms with Gasteiger partial charge in [0, 0.05) is 48.5 Å². The van der Waals surface area contributed by atoms with Gasteiger partial charge in [0.25, 0.3) is 11.1 Å². The SMILES string of the molecule is O=C1S/C(=C\c2ccc(Cl)cc2)C(=O)N1CC(c1ccc(Cl)cc1)N1CCN(c2ccc(O)cc2)CC1. The van der Waals surface area contributed by atoms with Crippen LogP contribution in [0, 0.1) is 0 Å². The van der Waals surface area contributed by atoms with E-state index >= 15 is 0 Å². The summed E-state index contributed by atoms with van der Waals surface area (Å²) in [5, 5.41) is 10.6. The van der Waals surface area contributed by atoms with E-state index in [1.165, 1.54) is 4.90 Å². The number of benzene rings is 3. The average molecular weight is 554 g/mol. The summed E-state index contributed by atoms with van der Waals surface area (Å²) < 4.78 is 0. The zero-order valence-corrected chi connectivity index (χ0v) is 22.2. The topological polar surface area (TPSA) is 64.1 Å². The molecule has 1 unspecified atom stereocenters. The number of phenolic OH excluding ortho intramolecular Hbond substituents is 1. The van der Waals surface area contributed by atoms with Gasteiger partial charge in [-0.15, -0.1) is 0 Å². The van der Waals surface area contributed by atoms with Crippen molar-refractivity contribution in [1.29, 1.82) is 0 Å². The number of thioether (sulfide) groups is 1. The standard InChI is InChI=1S/C28H25Cl2N3O3S/c29-21-5-1-19(2-6-21)17-26-27(35)33(28(36)37-26)18-25(20-3-7-22(30)8-4-20)32-15-13-31(14-16-32)23-9-11-24(34)12-10-23/h1-12,17,25,34H,13-16,18H2/b26-17-. The summed E-state index contributed by atoms with van der Waals surface area (Å²) in [6.45, 7) is 3.33. The first-order valence-electron chi connectivity index (χ1n) is 11.9. The number of hydrogen-bond acceptors (Lipinski definition) is 6. The fraction of sp³-hybridized carbons (Fsp3) is 0.214. The smallest absolute Gasteiger partial charge is 0.293 e. The van der Waals surface area contributed by atoms with Gasteiger partial charge in [0.15, 0.2) is 0 Å². The highest BCUT2D eigenvalue weighted by Crippen LogP contribution is 2.35. The van der Waals surface area contributed by atoms with Gasteiger partial charge in [0.2, 0.25) is 0 Å². The highest BCUT2D eigenvalue weighted by Gasteiger charge is 2.38. The second-order valence-corrected chi connectivity index (χ2v) is 10.8. The molecule has 0 saturated carbocycles. The van der Waals surface area contributed by atoms with Crippen LogP contribution in [0.2, 0.25) is 10.0 Å². The van der Waals surface area contributed by atoms with Gasteiger partial charge in [-0.1, -0.05) is 47.5 Å². The van der Waals surface area contributed by atoms with Crippen LogP contribution in [0.15, 0.2) is 77.7 Å². The molecule has 5 rings (SSSR count). The number of hydrogen-bond donors (Lipinski definition) is 1. The molecular weight excluding hydrogens is 529 g/mol. The molecule has 9 heteroatoms. The number of nitrogens with zero attached hydrogens (tertiary/aromatic N) is 3. The van der Waals surface area contributed by atoms with E-state index in [0.717, 1.165) is 54.8 Å². The monoisotopic (exact) mass is 553 g/mol. The largest absolute Gasteiger partial charge is 0.508 e.